The zero-order chi connectivity index (χ0) is 14.1. The van der Waals surface area contributed by atoms with Crippen LogP contribution in [0.25, 0.3) is 0 Å². The molecule has 20 heavy (non-hydrogen) atoms. The molecule has 2 aromatic carbocycles. The molecule has 2 aromatic rings. The minimum atomic E-state index is 0.157. The van der Waals surface area contributed by atoms with Crippen molar-refractivity contribution >= 4 is 15.9 Å². The highest BCUT2D eigenvalue weighted by Crippen LogP contribution is 2.36. The fourth-order valence-electron chi connectivity index (χ4n) is 2.49. The minimum absolute atomic E-state index is 0.157. The number of hydrogen-bond acceptors (Lipinski definition) is 3. The molecule has 2 unspecified atom stereocenters. The van der Waals surface area contributed by atoms with E-state index in [9.17, 15) is 5.11 Å². The highest BCUT2D eigenvalue weighted by atomic mass is 79.9. The zero-order valence-corrected chi connectivity index (χ0v) is 12.7. The molecule has 1 aliphatic rings. The molecule has 4 heteroatoms. The first-order valence-electron chi connectivity index (χ1n) is 6.61. The van der Waals surface area contributed by atoms with E-state index in [1.54, 1.807) is 12.1 Å². The molecule has 0 amide bonds. The standard InChI is InChI=1S/C16H16BrNO2/c1-10(11-2-4-12(17)5-3-11)18-15-9-20-16-8-13(19)6-7-14(15)16/h2-8,10,15,18-19H,9H2,1H3. The predicted octanol–water partition coefficient (Wildman–Crippen LogP) is 3.94. The molecule has 104 valence electrons. The Morgan fingerprint density at radius 1 is 1.25 bits per heavy atom. The lowest BCUT2D eigenvalue weighted by Crippen LogP contribution is -2.25. The van der Waals surface area contributed by atoms with Crippen LogP contribution in [0.4, 0.5) is 0 Å². The first kappa shape index (κ1) is 13.5. The molecule has 3 rings (SSSR count). The van der Waals surface area contributed by atoms with Crippen molar-refractivity contribution in [3.8, 4) is 11.5 Å². The second-order valence-corrected chi connectivity index (χ2v) is 5.94. The van der Waals surface area contributed by atoms with Crippen molar-refractivity contribution in [1.29, 1.82) is 0 Å². The Kier molecular flexibility index (Phi) is 3.68. The first-order valence-corrected chi connectivity index (χ1v) is 7.40. The number of aromatic hydroxyl groups is 1. The van der Waals surface area contributed by atoms with Crippen LogP contribution in [0.3, 0.4) is 0 Å². The summed E-state index contributed by atoms with van der Waals surface area (Å²) in [5.41, 5.74) is 2.34. The monoisotopic (exact) mass is 333 g/mol. The number of fused-ring (bicyclic) bond motifs is 1. The molecule has 0 aliphatic carbocycles. The maximum atomic E-state index is 9.46. The third-order valence-electron chi connectivity index (χ3n) is 3.60. The van der Waals surface area contributed by atoms with Gasteiger partial charge in [-0.25, -0.2) is 0 Å². The van der Waals surface area contributed by atoms with Crippen molar-refractivity contribution in [2.24, 2.45) is 0 Å². The van der Waals surface area contributed by atoms with E-state index < -0.39 is 0 Å². The van der Waals surface area contributed by atoms with Gasteiger partial charge in [-0.2, -0.15) is 0 Å². The Morgan fingerprint density at radius 2 is 2.00 bits per heavy atom. The highest BCUT2D eigenvalue weighted by Gasteiger charge is 2.25. The zero-order valence-electron chi connectivity index (χ0n) is 11.1. The van der Waals surface area contributed by atoms with Gasteiger partial charge in [0.25, 0.3) is 0 Å². The number of nitrogens with one attached hydrogen (secondary N) is 1. The molecular weight excluding hydrogens is 318 g/mol. The Hall–Kier alpha value is -1.52. The largest absolute Gasteiger partial charge is 0.508 e. The van der Waals surface area contributed by atoms with Gasteiger partial charge in [0.15, 0.2) is 0 Å². The molecule has 0 saturated carbocycles. The lowest BCUT2D eigenvalue weighted by molar-refractivity contribution is 0.300. The summed E-state index contributed by atoms with van der Waals surface area (Å²) in [4.78, 5) is 0. The summed E-state index contributed by atoms with van der Waals surface area (Å²) in [5.74, 6) is 1.01. The third-order valence-corrected chi connectivity index (χ3v) is 4.13. The molecule has 0 fully saturated rings. The fraction of sp³-hybridized carbons (Fsp3) is 0.250. The van der Waals surface area contributed by atoms with Gasteiger partial charge in [0.05, 0.1) is 6.04 Å². The minimum Gasteiger partial charge on any atom is -0.508 e. The van der Waals surface area contributed by atoms with E-state index >= 15 is 0 Å². The van der Waals surface area contributed by atoms with Gasteiger partial charge in [0.1, 0.15) is 18.1 Å². The molecular formula is C16H16BrNO2. The van der Waals surface area contributed by atoms with Crippen molar-refractivity contribution in [2.45, 2.75) is 19.0 Å². The number of halogens is 1. The third kappa shape index (κ3) is 2.67. The van der Waals surface area contributed by atoms with Gasteiger partial charge < -0.3 is 15.2 Å². The van der Waals surface area contributed by atoms with Gasteiger partial charge in [-0.05, 0) is 36.8 Å². The molecule has 0 saturated heterocycles. The van der Waals surface area contributed by atoms with Crippen molar-refractivity contribution in [3.63, 3.8) is 0 Å². The summed E-state index contributed by atoms with van der Waals surface area (Å²) in [6, 6.07) is 14.0. The topological polar surface area (TPSA) is 41.5 Å². The highest BCUT2D eigenvalue weighted by molar-refractivity contribution is 9.10. The van der Waals surface area contributed by atoms with Crippen LogP contribution in [0.2, 0.25) is 0 Å². The first-order chi connectivity index (χ1) is 9.63. The molecule has 2 atom stereocenters. The van der Waals surface area contributed by atoms with E-state index in [0.717, 1.165) is 15.8 Å². The van der Waals surface area contributed by atoms with Gasteiger partial charge in [-0.3, -0.25) is 0 Å². The van der Waals surface area contributed by atoms with Crippen LogP contribution in [0.15, 0.2) is 46.9 Å². The van der Waals surface area contributed by atoms with Gasteiger partial charge in [0, 0.05) is 22.1 Å². The molecule has 1 aliphatic heterocycles. The Labute approximate surface area is 126 Å². The Morgan fingerprint density at radius 3 is 2.75 bits per heavy atom. The van der Waals surface area contributed by atoms with E-state index in [4.69, 9.17) is 4.74 Å². The lowest BCUT2D eigenvalue weighted by Gasteiger charge is -2.19. The number of benzene rings is 2. The number of hydrogen-bond donors (Lipinski definition) is 2. The van der Waals surface area contributed by atoms with Crippen molar-refractivity contribution in [2.75, 3.05) is 6.61 Å². The van der Waals surface area contributed by atoms with Crippen LogP contribution in [-0.4, -0.2) is 11.7 Å². The number of phenolic OH excluding ortho intramolecular Hbond substituents is 1. The smallest absolute Gasteiger partial charge is 0.127 e. The average molecular weight is 334 g/mol. The quantitative estimate of drug-likeness (QED) is 0.893. The molecule has 0 spiro atoms. The van der Waals surface area contributed by atoms with E-state index in [1.165, 1.54) is 5.56 Å². The maximum absolute atomic E-state index is 9.46. The number of phenols is 1. The predicted molar refractivity (Wildman–Crippen MR) is 82.0 cm³/mol. The summed E-state index contributed by atoms with van der Waals surface area (Å²) in [5, 5.41) is 13.0. The van der Waals surface area contributed by atoms with Crippen LogP contribution in [0.5, 0.6) is 11.5 Å². The Bertz CT molecular complexity index is 612. The van der Waals surface area contributed by atoms with Crippen molar-refractivity contribution in [3.05, 3.63) is 58.1 Å². The molecule has 0 bridgehead atoms. The molecule has 0 aromatic heterocycles. The van der Waals surface area contributed by atoms with Gasteiger partial charge in [-0.1, -0.05) is 28.1 Å². The Balaban J connectivity index is 1.75. The summed E-state index contributed by atoms with van der Waals surface area (Å²) < 4.78 is 6.70. The van der Waals surface area contributed by atoms with Crippen LogP contribution >= 0.6 is 15.9 Å². The lowest BCUT2D eigenvalue weighted by atomic mass is 10.0. The SMILES string of the molecule is CC(NC1COc2cc(O)ccc21)c1ccc(Br)cc1. The second-order valence-electron chi connectivity index (χ2n) is 5.03. The van der Waals surface area contributed by atoms with Crippen molar-refractivity contribution < 1.29 is 9.84 Å². The molecule has 1 heterocycles. The van der Waals surface area contributed by atoms with E-state index in [0.29, 0.717) is 6.61 Å². The van der Waals surface area contributed by atoms with Crippen LogP contribution in [0.1, 0.15) is 30.1 Å². The number of ether oxygens (including phenoxy) is 1. The summed E-state index contributed by atoms with van der Waals surface area (Å²) in [6.07, 6.45) is 0. The second kappa shape index (κ2) is 5.46. The summed E-state index contributed by atoms with van der Waals surface area (Å²) in [7, 11) is 0. The van der Waals surface area contributed by atoms with Gasteiger partial charge in [0.2, 0.25) is 0 Å². The van der Waals surface area contributed by atoms with Gasteiger partial charge in [-0.15, -0.1) is 0 Å². The molecule has 3 nitrogen and oxygen atoms in total. The van der Waals surface area contributed by atoms with Crippen LogP contribution in [-0.2, 0) is 0 Å². The van der Waals surface area contributed by atoms with E-state index in [2.05, 4.69) is 40.3 Å². The van der Waals surface area contributed by atoms with E-state index in [1.807, 2.05) is 18.2 Å². The van der Waals surface area contributed by atoms with Crippen LogP contribution in [0, 0.1) is 0 Å². The van der Waals surface area contributed by atoms with E-state index in [-0.39, 0.29) is 17.8 Å². The fourth-order valence-corrected chi connectivity index (χ4v) is 2.75. The van der Waals surface area contributed by atoms with Gasteiger partial charge >= 0.3 is 0 Å². The summed E-state index contributed by atoms with van der Waals surface area (Å²) in [6.45, 7) is 2.74. The van der Waals surface area contributed by atoms with Crippen LogP contribution < -0.4 is 10.1 Å². The molecule has 0 radical (unpaired) electrons. The normalized spacial score (nSPS) is 18.4. The molecule has 2 N–H and O–H groups in total. The number of rotatable bonds is 3. The average Bonchev–Trinajstić information content (AvgIpc) is 2.81. The summed E-state index contributed by atoms with van der Waals surface area (Å²) >= 11 is 3.45. The maximum Gasteiger partial charge on any atom is 0.127 e. The van der Waals surface area contributed by atoms with Crippen molar-refractivity contribution in [1.82, 2.24) is 5.32 Å².